The van der Waals surface area contributed by atoms with Crippen LogP contribution < -0.4 is 0 Å². The normalized spacial score (nSPS) is 11.8. The van der Waals surface area contributed by atoms with Crippen LogP contribution in [0.1, 0.15) is 24.8 Å². The van der Waals surface area contributed by atoms with E-state index in [1.54, 1.807) is 0 Å². The molecule has 0 aliphatic carbocycles. The minimum absolute atomic E-state index is 0.132. The quantitative estimate of drug-likeness (QED) is 0.602. The number of thiophene rings is 1. The molecule has 0 bridgehead atoms. The van der Waals surface area contributed by atoms with Crippen molar-refractivity contribution in [2.24, 2.45) is 0 Å². The standard InChI is InChI=1S/C9H12O3S2/c10-14(11,12)7-3-1-2-4-9-5-6-13-8-9/h5H,1-4,7H2,(H,10,11,12). The molecule has 0 fully saturated rings. The van der Waals surface area contributed by atoms with Crippen LogP contribution >= 0.6 is 11.3 Å². The summed E-state index contributed by atoms with van der Waals surface area (Å²) < 4.78 is 29.2. The largest absolute Gasteiger partial charge is 0.286 e. The molecule has 1 rings (SSSR count). The van der Waals surface area contributed by atoms with E-state index in [0.717, 1.165) is 24.8 Å². The highest BCUT2D eigenvalue weighted by atomic mass is 32.2. The first-order chi connectivity index (χ1) is 6.58. The van der Waals surface area contributed by atoms with E-state index in [1.165, 1.54) is 11.3 Å². The second-order valence-electron chi connectivity index (χ2n) is 3.09. The summed E-state index contributed by atoms with van der Waals surface area (Å²) in [7, 11) is -3.77. The molecule has 2 radical (unpaired) electrons. The van der Waals surface area contributed by atoms with Gasteiger partial charge < -0.3 is 0 Å². The van der Waals surface area contributed by atoms with Crippen LogP contribution in [0.4, 0.5) is 0 Å². The highest BCUT2D eigenvalue weighted by Crippen LogP contribution is 2.09. The van der Waals surface area contributed by atoms with Gasteiger partial charge >= 0.3 is 0 Å². The van der Waals surface area contributed by atoms with E-state index in [1.807, 2.05) is 6.07 Å². The molecule has 0 spiro atoms. The minimum Gasteiger partial charge on any atom is -0.286 e. The van der Waals surface area contributed by atoms with Crippen molar-refractivity contribution >= 4 is 21.5 Å². The summed E-state index contributed by atoms with van der Waals surface area (Å²) in [5, 5.41) is 6.01. The molecule has 1 aromatic rings. The summed E-state index contributed by atoms with van der Waals surface area (Å²) in [6.07, 6.45) is 3.16. The maximum Gasteiger partial charge on any atom is 0.264 e. The van der Waals surface area contributed by atoms with Crippen LogP contribution in [0, 0.1) is 10.8 Å². The van der Waals surface area contributed by atoms with E-state index in [0.29, 0.717) is 6.42 Å². The van der Waals surface area contributed by atoms with Crippen LogP contribution in [-0.2, 0) is 16.5 Å². The summed E-state index contributed by atoms with van der Waals surface area (Å²) in [6, 6.07) is 1.90. The van der Waals surface area contributed by atoms with Crippen molar-refractivity contribution in [1.82, 2.24) is 0 Å². The van der Waals surface area contributed by atoms with Crippen LogP contribution in [0.5, 0.6) is 0 Å². The van der Waals surface area contributed by atoms with E-state index < -0.39 is 10.1 Å². The van der Waals surface area contributed by atoms with E-state index in [4.69, 9.17) is 4.55 Å². The molecule has 0 aliphatic rings. The fourth-order valence-electron chi connectivity index (χ4n) is 1.12. The number of hydrogen-bond acceptors (Lipinski definition) is 3. The molecule has 0 amide bonds. The Morgan fingerprint density at radius 2 is 2.14 bits per heavy atom. The maximum absolute atomic E-state index is 10.4. The molecule has 3 nitrogen and oxygen atoms in total. The Morgan fingerprint density at radius 1 is 1.36 bits per heavy atom. The Morgan fingerprint density at radius 3 is 2.71 bits per heavy atom. The lowest BCUT2D eigenvalue weighted by molar-refractivity contribution is 0.479. The van der Waals surface area contributed by atoms with Gasteiger partial charge in [-0.3, -0.25) is 4.55 Å². The highest BCUT2D eigenvalue weighted by Gasteiger charge is 2.03. The van der Waals surface area contributed by atoms with Gasteiger partial charge in [-0.05, 0) is 30.9 Å². The molecule has 14 heavy (non-hydrogen) atoms. The van der Waals surface area contributed by atoms with Crippen molar-refractivity contribution in [1.29, 1.82) is 0 Å². The zero-order valence-corrected chi connectivity index (χ0v) is 9.33. The van der Waals surface area contributed by atoms with Gasteiger partial charge in [0.2, 0.25) is 0 Å². The molecule has 0 aliphatic heterocycles. The lowest BCUT2D eigenvalue weighted by Gasteiger charge is -1.98. The SMILES string of the molecule is O=S(=O)(O)CCCCCc1[c]s[c]c1. The average Bonchev–Trinajstić information content (AvgIpc) is 2.54. The summed E-state index contributed by atoms with van der Waals surface area (Å²) in [5.74, 6) is -0.132. The van der Waals surface area contributed by atoms with Gasteiger partial charge in [0.15, 0.2) is 0 Å². The topological polar surface area (TPSA) is 54.4 Å². The predicted molar refractivity (Wildman–Crippen MR) is 56.0 cm³/mol. The van der Waals surface area contributed by atoms with E-state index in [9.17, 15) is 8.42 Å². The lowest BCUT2D eigenvalue weighted by atomic mass is 10.1. The van der Waals surface area contributed by atoms with Crippen LogP contribution in [-0.4, -0.2) is 18.7 Å². The Kier molecular flexibility index (Phi) is 4.57. The smallest absolute Gasteiger partial charge is 0.264 e. The van der Waals surface area contributed by atoms with E-state index >= 15 is 0 Å². The number of hydrogen-bond donors (Lipinski definition) is 1. The molecule has 1 heterocycles. The van der Waals surface area contributed by atoms with Crippen molar-refractivity contribution in [2.75, 3.05) is 5.75 Å². The molecule has 1 aromatic heterocycles. The van der Waals surface area contributed by atoms with Gasteiger partial charge in [0.05, 0.1) is 5.75 Å². The third-order valence-corrected chi connectivity index (χ3v) is 3.23. The number of rotatable bonds is 6. The Bertz CT molecular complexity index is 340. The maximum atomic E-state index is 10.4. The van der Waals surface area contributed by atoms with E-state index in [-0.39, 0.29) is 5.75 Å². The van der Waals surface area contributed by atoms with Crippen molar-refractivity contribution in [3.8, 4) is 0 Å². The summed E-state index contributed by atoms with van der Waals surface area (Å²) in [4.78, 5) is 0. The molecule has 0 saturated carbocycles. The lowest BCUT2D eigenvalue weighted by Crippen LogP contribution is -2.03. The predicted octanol–water partition coefficient (Wildman–Crippen LogP) is 1.95. The second-order valence-corrected chi connectivity index (χ2v) is 5.30. The fourth-order valence-corrected chi connectivity index (χ4v) is 2.25. The molecular weight excluding hydrogens is 220 g/mol. The first-order valence-electron chi connectivity index (χ1n) is 4.39. The second kappa shape index (κ2) is 5.48. The number of unbranched alkanes of at least 4 members (excludes halogenated alkanes) is 2. The van der Waals surface area contributed by atoms with Crippen molar-refractivity contribution < 1.29 is 13.0 Å². The van der Waals surface area contributed by atoms with Crippen molar-refractivity contribution in [3.63, 3.8) is 0 Å². The van der Waals surface area contributed by atoms with Gasteiger partial charge in [-0.15, -0.1) is 11.3 Å². The first-order valence-corrected chi connectivity index (χ1v) is 6.82. The van der Waals surface area contributed by atoms with Crippen molar-refractivity contribution in [2.45, 2.75) is 25.7 Å². The third-order valence-electron chi connectivity index (χ3n) is 1.82. The molecular formula is C9H12O3S2. The van der Waals surface area contributed by atoms with Crippen molar-refractivity contribution in [3.05, 3.63) is 22.4 Å². The fraction of sp³-hybridized carbons (Fsp3) is 0.556. The summed E-state index contributed by atoms with van der Waals surface area (Å²) in [6.45, 7) is 0. The molecule has 0 aromatic carbocycles. The van der Waals surface area contributed by atoms with E-state index in [2.05, 4.69) is 10.8 Å². The molecule has 0 saturated heterocycles. The van der Waals surface area contributed by atoms with Crippen LogP contribution in [0.15, 0.2) is 6.07 Å². The first kappa shape index (κ1) is 11.7. The van der Waals surface area contributed by atoms with Gasteiger partial charge in [-0.25, -0.2) is 0 Å². The van der Waals surface area contributed by atoms with Crippen LogP contribution in [0.3, 0.4) is 0 Å². The molecule has 1 N–H and O–H groups in total. The molecule has 0 unspecified atom stereocenters. The Hall–Kier alpha value is -0.390. The van der Waals surface area contributed by atoms with Gasteiger partial charge in [0.1, 0.15) is 0 Å². The average molecular weight is 232 g/mol. The van der Waals surface area contributed by atoms with Gasteiger partial charge in [-0.1, -0.05) is 6.42 Å². The number of aryl methyl sites for hydroxylation is 1. The van der Waals surface area contributed by atoms with Gasteiger partial charge in [0.25, 0.3) is 10.1 Å². The molecule has 78 valence electrons. The summed E-state index contributed by atoms with van der Waals surface area (Å²) in [5.41, 5.74) is 1.13. The summed E-state index contributed by atoms with van der Waals surface area (Å²) >= 11 is 1.42. The Labute approximate surface area is 88.5 Å². The zero-order chi connectivity index (χ0) is 10.4. The van der Waals surface area contributed by atoms with Crippen LogP contribution in [0.2, 0.25) is 0 Å². The van der Waals surface area contributed by atoms with Crippen LogP contribution in [0.25, 0.3) is 0 Å². The third kappa shape index (κ3) is 5.36. The van der Waals surface area contributed by atoms with Gasteiger partial charge in [0, 0.05) is 10.8 Å². The highest BCUT2D eigenvalue weighted by molar-refractivity contribution is 7.85. The molecule has 5 heteroatoms. The van der Waals surface area contributed by atoms with Gasteiger partial charge in [-0.2, -0.15) is 8.42 Å². The monoisotopic (exact) mass is 232 g/mol. The Balaban J connectivity index is 2.06. The minimum atomic E-state index is -3.77. The molecule has 0 atom stereocenters. The zero-order valence-electron chi connectivity index (χ0n) is 7.69.